The molecule has 0 bridgehead atoms. The minimum atomic E-state index is -0.942. The first kappa shape index (κ1) is 19.4. The second-order valence-corrected chi connectivity index (χ2v) is 8.10. The zero-order valence-electron chi connectivity index (χ0n) is 15.4. The second-order valence-electron chi connectivity index (χ2n) is 8.10. The van der Waals surface area contributed by atoms with Gasteiger partial charge in [-0.3, -0.25) is 0 Å². The number of benzene rings is 1. The van der Waals surface area contributed by atoms with E-state index in [1.807, 2.05) is 0 Å². The van der Waals surface area contributed by atoms with Gasteiger partial charge in [0.1, 0.15) is 0 Å². The predicted molar refractivity (Wildman–Crippen MR) is 90.4 cm³/mol. The molecule has 2 saturated heterocycles. The molecule has 1 aromatic carbocycles. The molecule has 2 aliphatic heterocycles. The molecule has 0 saturated carbocycles. The SMILES string of the molecule is CC(C)(C)c1ccc(N2CC3CN(CCC(=O)[O-])CC3C2)cc1.[Li+]. The van der Waals surface area contributed by atoms with Gasteiger partial charge < -0.3 is 19.7 Å². The molecule has 0 aliphatic carbocycles. The van der Waals surface area contributed by atoms with Crippen molar-refractivity contribution in [1.82, 2.24) is 4.90 Å². The van der Waals surface area contributed by atoms with Crippen molar-refractivity contribution < 1.29 is 28.8 Å². The largest absolute Gasteiger partial charge is 1.00 e. The summed E-state index contributed by atoms with van der Waals surface area (Å²) in [4.78, 5) is 15.4. The number of carboxylic acid groups (broad SMARTS) is 1. The maximum absolute atomic E-state index is 10.6. The first-order valence-electron chi connectivity index (χ1n) is 8.60. The van der Waals surface area contributed by atoms with E-state index in [-0.39, 0.29) is 30.7 Å². The average Bonchev–Trinajstić information content (AvgIpc) is 3.02. The molecule has 126 valence electrons. The van der Waals surface area contributed by atoms with Gasteiger partial charge in [-0.15, -0.1) is 0 Å². The van der Waals surface area contributed by atoms with Gasteiger partial charge in [0.2, 0.25) is 0 Å². The fraction of sp³-hybridized carbons (Fsp3) is 0.632. The van der Waals surface area contributed by atoms with Crippen molar-refractivity contribution in [2.75, 3.05) is 37.6 Å². The van der Waals surface area contributed by atoms with Crippen LogP contribution in [-0.2, 0) is 10.2 Å². The summed E-state index contributed by atoms with van der Waals surface area (Å²) < 4.78 is 0. The number of carbonyl (C=O) groups excluding carboxylic acids is 1. The van der Waals surface area contributed by atoms with Gasteiger partial charge in [-0.1, -0.05) is 32.9 Å². The minimum absolute atomic E-state index is 0. The van der Waals surface area contributed by atoms with Crippen molar-refractivity contribution in [3.63, 3.8) is 0 Å². The van der Waals surface area contributed by atoms with E-state index in [4.69, 9.17) is 0 Å². The Bertz CT molecular complexity index is 554. The molecule has 2 atom stereocenters. The Hall–Kier alpha value is -0.953. The number of carboxylic acids is 1. The molecule has 0 N–H and O–H groups in total. The molecule has 2 fully saturated rings. The normalized spacial score (nSPS) is 23.9. The Morgan fingerprint density at radius 2 is 1.62 bits per heavy atom. The monoisotopic (exact) mass is 322 g/mol. The molecule has 5 heteroatoms. The average molecular weight is 322 g/mol. The summed E-state index contributed by atoms with van der Waals surface area (Å²) in [6.07, 6.45) is 0.150. The van der Waals surface area contributed by atoms with Gasteiger partial charge in [0.25, 0.3) is 0 Å². The van der Waals surface area contributed by atoms with E-state index < -0.39 is 5.97 Å². The molecule has 0 radical (unpaired) electrons. The molecule has 24 heavy (non-hydrogen) atoms. The van der Waals surface area contributed by atoms with Crippen molar-refractivity contribution in [2.24, 2.45) is 11.8 Å². The number of aliphatic carboxylic acids is 1. The molecule has 3 rings (SSSR count). The van der Waals surface area contributed by atoms with Crippen LogP contribution in [0.1, 0.15) is 32.8 Å². The third-order valence-electron chi connectivity index (χ3n) is 5.29. The van der Waals surface area contributed by atoms with Crippen LogP contribution < -0.4 is 28.9 Å². The number of nitrogens with zero attached hydrogens (tertiary/aromatic N) is 2. The number of likely N-dealkylation sites (tertiary alicyclic amines) is 1. The van der Waals surface area contributed by atoms with E-state index in [2.05, 4.69) is 54.8 Å². The number of hydrogen-bond acceptors (Lipinski definition) is 4. The molecule has 2 heterocycles. The van der Waals surface area contributed by atoms with E-state index in [0.29, 0.717) is 18.4 Å². The van der Waals surface area contributed by atoms with E-state index in [1.165, 1.54) is 11.3 Å². The Balaban J connectivity index is 0.00000208. The molecule has 0 spiro atoms. The number of carbonyl (C=O) groups is 1. The zero-order valence-corrected chi connectivity index (χ0v) is 15.4. The number of anilines is 1. The molecule has 0 amide bonds. The van der Waals surface area contributed by atoms with Crippen LogP contribution in [0.15, 0.2) is 24.3 Å². The molecule has 2 unspecified atom stereocenters. The summed E-state index contributed by atoms with van der Waals surface area (Å²) in [7, 11) is 0. The third kappa shape index (κ3) is 4.36. The number of fused-ring (bicyclic) bond motifs is 1. The van der Waals surface area contributed by atoms with Crippen LogP contribution in [0.2, 0.25) is 0 Å². The van der Waals surface area contributed by atoms with Gasteiger partial charge >= 0.3 is 18.9 Å². The van der Waals surface area contributed by atoms with Crippen molar-refractivity contribution in [1.29, 1.82) is 0 Å². The standard InChI is InChI=1S/C19H28N2O2.Li/c1-19(2,3)16-4-6-17(7-5-16)21-12-14-10-20(9-8-18(22)23)11-15(14)13-21;/h4-7,14-15H,8-13H2,1-3H3,(H,22,23);/q;+1/p-1. The Morgan fingerprint density at radius 3 is 2.08 bits per heavy atom. The quantitative estimate of drug-likeness (QED) is 0.633. The van der Waals surface area contributed by atoms with Crippen LogP contribution in [0, 0.1) is 11.8 Å². The van der Waals surface area contributed by atoms with Crippen LogP contribution in [0.3, 0.4) is 0 Å². The molecule has 4 nitrogen and oxygen atoms in total. The number of hydrogen-bond donors (Lipinski definition) is 0. The minimum Gasteiger partial charge on any atom is -0.550 e. The Kier molecular flexibility index (Phi) is 6.07. The van der Waals surface area contributed by atoms with Crippen molar-refractivity contribution in [3.8, 4) is 0 Å². The van der Waals surface area contributed by atoms with Gasteiger partial charge in [0, 0.05) is 44.4 Å². The van der Waals surface area contributed by atoms with Gasteiger partial charge in [-0.2, -0.15) is 0 Å². The van der Waals surface area contributed by atoms with Gasteiger partial charge in [0.05, 0.1) is 0 Å². The molecular formula is C19H27LiN2O2. The van der Waals surface area contributed by atoms with Crippen LogP contribution in [-0.4, -0.2) is 43.6 Å². The van der Waals surface area contributed by atoms with E-state index in [9.17, 15) is 9.90 Å². The van der Waals surface area contributed by atoms with Gasteiger partial charge in [-0.25, -0.2) is 0 Å². The second kappa shape index (κ2) is 7.52. The van der Waals surface area contributed by atoms with Crippen molar-refractivity contribution in [2.45, 2.75) is 32.6 Å². The molecular weight excluding hydrogens is 295 g/mol. The third-order valence-corrected chi connectivity index (χ3v) is 5.29. The summed E-state index contributed by atoms with van der Waals surface area (Å²) in [5, 5.41) is 10.6. The maximum Gasteiger partial charge on any atom is 1.00 e. The fourth-order valence-electron chi connectivity index (χ4n) is 3.91. The summed E-state index contributed by atoms with van der Waals surface area (Å²) in [5.41, 5.74) is 2.88. The Labute approximate surface area is 157 Å². The molecule has 1 aromatic rings. The smallest absolute Gasteiger partial charge is 0.550 e. The maximum atomic E-state index is 10.6. The first-order valence-corrected chi connectivity index (χ1v) is 8.60. The van der Waals surface area contributed by atoms with Gasteiger partial charge in [-0.05, 0) is 41.4 Å². The molecule has 2 aliphatic rings. The van der Waals surface area contributed by atoms with Crippen LogP contribution in [0.5, 0.6) is 0 Å². The van der Waals surface area contributed by atoms with Crippen LogP contribution in [0.25, 0.3) is 0 Å². The molecule has 0 aromatic heterocycles. The van der Waals surface area contributed by atoms with Crippen LogP contribution in [0.4, 0.5) is 5.69 Å². The van der Waals surface area contributed by atoms with Gasteiger partial charge in [0.15, 0.2) is 0 Å². The predicted octanol–water partition coefficient (Wildman–Crippen LogP) is -1.50. The van der Waals surface area contributed by atoms with Crippen molar-refractivity contribution >= 4 is 11.7 Å². The van der Waals surface area contributed by atoms with E-state index >= 15 is 0 Å². The van der Waals surface area contributed by atoms with E-state index in [1.54, 1.807) is 0 Å². The summed E-state index contributed by atoms with van der Waals surface area (Å²) in [6.45, 7) is 11.6. The van der Waals surface area contributed by atoms with Crippen LogP contribution >= 0.6 is 0 Å². The first-order chi connectivity index (χ1) is 10.8. The summed E-state index contributed by atoms with van der Waals surface area (Å²) in [5.74, 6) is 0.390. The van der Waals surface area contributed by atoms with Crippen molar-refractivity contribution in [3.05, 3.63) is 29.8 Å². The summed E-state index contributed by atoms with van der Waals surface area (Å²) in [6, 6.07) is 8.98. The van der Waals surface area contributed by atoms with E-state index in [0.717, 1.165) is 26.2 Å². The fourth-order valence-corrected chi connectivity index (χ4v) is 3.91. The topological polar surface area (TPSA) is 46.6 Å². The summed E-state index contributed by atoms with van der Waals surface area (Å²) >= 11 is 0. The Morgan fingerprint density at radius 1 is 1.08 bits per heavy atom. The zero-order chi connectivity index (χ0) is 16.6. The number of rotatable bonds is 4.